The molecule has 2 nitrogen and oxygen atoms in total. The van der Waals surface area contributed by atoms with E-state index < -0.39 is 5.82 Å². The molecule has 2 aromatic rings. The molecule has 0 aliphatic rings. The molecular formula is C15H14ClF2NO. The van der Waals surface area contributed by atoms with Gasteiger partial charge in [0.05, 0.1) is 5.02 Å². The molecule has 0 bridgehead atoms. The van der Waals surface area contributed by atoms with Crippen molar-refractivity contribution < 1.29 is 13.5 Å². The zero-order chi connectivity index (χ0) is 14.5. The van der Waals surface area contributed by atoms with Crippen LogP contribution in [0.5, 0.6) is 11.5 Å². The maximum absolute atomic E-state index is 13.3. The number of benzene rings is 2. The Hall–Kier alpha value is -1.65. The van der Waals surface area contributed by atoms with Crippen molar-refractivity contribution in [2.45, 2.75) is 13.5 Å². The lowest BCUT2D eigenvalue weighted by molar-refractivity contribution is 0.469. The van der Waals surface area contributed by atoms with Gasteiger partial charge < -0.3 is 10.1 Å². The van der Waals surface area contributed by atoms with E-state index in [9.17, 15) is 8.78 Å². The van der Waals surface area contributed by atoms with Crippen molar-refractivity contribution in [2.24, 2.45) is 0 Å². The molecule has 5 heteroatoms. The third-order valence-corrected chi connectivity index (χ3v) is 3.00. The third-order valence-electron chi connectivity index (χ3n) is 2.71. The standard InChI is InChI=1S/C15H14ClF2NO/c1-2-19-9-10-7-11(17)3-6-15(10)20-12-4-5-14(18)13(16)8-12/h3-8,19H,2,9H2,1H3. The predicted molar refractivity (Wildman–Crippen MR) is 75.3 cm³/mol. The van der Waals surface area contributed by atoms with Gasteiger partial charge in [-0.1, -0.05) is 18.5 Å². The van der Waals surface area contributed by atoms with E-state index in [0.29, 0.717) is 23.6 Å². The molecule has 20 heavy (non-hydrogen) atoms. The first kappa shape index (κ1) is 14.8. The summed E-state index contributed by atoms with van der Waals surface area (Å²) in [5.41, 5.74) is 0.687. The summed E-state index contributed by atoms with van der Waals surface area (Å²) in [5.74, 6) is 0.0733. The minimum atomic E-state index is -0.508. The largest absolute Gasteiger partial charge is 0.457 e. The number of halogens is 3. The van der Waals surface area contributed by atoms with Gasteiger partial charge in [-0.2, -0.15) is 0 Å². The smallest absolute Gasteiger partial charge is 0.142 e. The van der Waals surface area contributed by atoms with Crippen molar-refractivity contribution in [2.75, 3.05) is 6.54 Å². The molecule has 0 fully saturated rings. The molecule has 0 spiro atoms. The molecule has 0 aliphatic carbocycles. The van der Waals surface area contributed by atoms with Crippen LogP contribution in [0.25, 0.3) is 0 Å². The van der Waals surface area contributed by atoms with Gasteiger partial charge in [-0.05, 0) is 36.9 Å². The van der Waals surface area contributed by atoms with Gasteiger partial charge in [-0.25, -0.2) is 8.78 Å². The zero-order valence-electron chi connectivity index (χ0n) is 10.9. The van der Waals surface area contributed by atoms with E-state index in [-0.39, 0.29) is 10.8 Å². The highest BCUT2D eigenvalue weighted by atomic mass is 35.5. The van der Waals surface area contributed by atoms with Crippen LogP contribution in [0.15, 0.2) is 36.4 Å². The van der Waals surface area contributed by atoms with Crippen LogP contribution in [-0.2, 0) is 6.54 Å². The fourth-order valence-electron chi connectivity index (χ4n) is 1.71. The Morgan fingerprint density at radius 1 is 1.15 bits per heavy atom. The van der Waals surface area contributed by atoms with Gasteiger partial charge in [0.1, 0.15) is 23.1 Å². The van der Waals surface area contributed by atoms with Crippen LogP contribution in [-0.4, -0.2) is 6.54 Å². The van der Waals surface area contributed by atoms with Crippen LogP contribution in [0.3, 0.4) is 0 Å². The highest BCUT2D eigenvalue weighted by molar-refractivity contribution is 6.30. The molecular weight excluding hydrogens is 284 g/mol. The lowest BCUT2D eigenvalue weighted by atomic mass is 10.2. The highest BCUT2D eigenvalue weighted by Gasteiger charge is 2.08. The number of hydrogen-bond acceptors (Lipinski definition) is 2. The van der Waals surface area contributed by atoms with Gasteiger partial charge >= 0.3 is 0 Å². The Bertz CT molecular complexity index is 604. The van der Waals surface area contributed by atoms with Gasteiger partial charge in [0.15, 0.2) is 0 Å². The van der Waals surface area contributed by atoms with Crippen molar-refractivity contribution >= 4 is 11.6 Å². The molecule has 106 valence electrons. The monoisotopic (exact) mass is 297 g/mol. The van der Waals surface area contributed by atoms with E-state index in [1.807, 2.05) is 6.92 Å². The Morgan fingerprint density at radius 2 is 1.95 bits per heavy atom. The minimum absolute atomic E-state index is 0.0159. The molecule has 0 heterocycles. The van der Waals surface area contributed by atoms with Crippen LogP contribution in [0.4, 0.5) is 8.78 Å². The summed E-state index contributed by atoms with van der Waals surface area (Å²) >= 11 is 5.70. The van der Waals surface area contributed by atoms with E-state index >= 15 is 0 Å². The average molecular weight is 298 g/mol. The lowest BCUT2D eigenvalue weighted by Gasteiger charge is -2.12. The second kappa shape index (κ2) is 6.68. The fraction of sp³-hybridized carbons (Fsp3) is 0.200. The predicted octanol–water partition coefficient (Wildman–Crippen LogP) is 4.52. The maximum atomic E-state index is 13.3. The molecule has 0 saturated heterocycles. The summed E-state index contributed by atoms with van der Waals surface area (Å²) in [6.07, 6.45) is 0. The zero-order valence-corrected chi connectivity index (χ0v) is 11.7. The summed E-state index contributed by atoms with van der Waals surface area (Å²) < 4.78 is 32.0. The first-order chi connectivity index (χ1) is 9.60. The quantitative estimate of drug-likeness (QED) is 0.876. The van der Waals surface area contributed by atoms with Crippen LogP contribution in [0.1, 0.15) is 12.5 Å². The third kappa shape index (κ3) is 3.68. The van der Waals surface area contributed by atoms with Crippen molar-refractivity contribution in [3.8, 4) is 11.5 Å². The number of nitrogens with one attached hydrogen (secondary N) is 1. The minimum Gasteiger partial charge on any atom is -0.457 e. The Morgan fingerprint density at radius 3 is 2.65 bits per heavy atom. The van der Waals surface area contributed by atoms with Crippen molar-refractivity contribution in [3.63, 3.8) is 0 Å². The normalized spacial score (nSPS) is 10.6. The molecule has 0 saturated carbocycles. The first-order valence-corrected chi connectivity index (χ1v) is 6.60. The summed E-state index contributed by atoms with van der Waals surface area (Å²) in [6.45, 7) is 3.20. The Balaban J connectivity index is 2.25. The van der Waals surface area contributed by atoms with Crippen LogP contribution in [0.2, 0.25) is 5.02 Å². The SMILES string of the molecule is CCNCc1cc(F)ccc1Oc1ccc(F)c(Cl)c1. The molecule has 1 N–H and O–H groups in total. The molecule has 0 atom stereocenters. The maximum Gasteiger partial charge on any atom is 0.142 e. The topological polar surface area (TPSA) is 21.3 Å². The fourth-order valence-corrected chi connectivity index (χ4v) is 1.88. The van der Waals surface area contributed by atoms with Gasteiger partial charge in [-0.15, -0.1) is 0 Å². The lowest BCUT2D eigenvalue weighted by Crippen LogP contribution is -2.12. The van der Waals surface area contributed by atoms with Crippen LogP contribution in [0, 0.1) is 11.6 Å². The average Bonchev–Trinajstić information content (AvgIpc) is 2.43. The van der Waals surface area contributed by atoms with Crippen molar-refractivity contribution in [1.29, 1.82) is 0 Å². The van der Waals surface area contributed by atoms with E-state index in [0.717, 1.165) is 6.54 Å². The highest BCUT2D eigenvalue weighted by Crippen LogP contribution is 2.29. The van der Waals surface area contributed by atoms with E-state index in [1.54, 1.807) is 6.07 Å². The van der Waals surface area contributed by atoms with E-state index in [4.69, 9.17) is 16.3 Å². The van der Waals surface area contributed by atoms with E-state index in [2.05, 4.69) is 5.32 Å². The van der Waals surface area contributed by atoms with E-state index in [1.165, 1.54) is 30.3 Å². The summed E-state index contributed by atoms with van der Waals surface area (Å²) in [6, 6.07) is 8.35. The second-order valence-corrected chi connectivity index (χ2v) is 4.62. The van der Waals surface area contributed by atoms with Gasteiger partial charge in [-0.3, -0.25) is 0 Å². The summed E-state index contributed by atoms with van der Waals surface area (Å²) in [7, 11) is 0. The number of ether oxygens (including phenoxy) is 1. The van der Waals surface area contributed by atoms with Crippen LogP contribution < -0.4 is 10.1 Å². The number of hydrogen-bond donors (Lipinski definition) is 1. The second-order valence-electron chi connectivity index (χ2n) is 4.21. The first-order valence-electron chi connectivity index (χ1n) is 6.22. The summed E-state index contributed by atoms with van der Waals surface area (Å²) in [4.78, 5) is 0. The molecule has 0 amide bonds. The van der Waals surface area contributed by atoms with Crippen molar-refractivity contribution in [3.05, 3.63) is 58.6 Å². The van der Waals surface area contributed by atoms with Gasteiger partial charge in [0.25, 0.3) is 0 Å². The Kier molecular flexibility index (Phi) is 4.93. The Labute approximate surface area is 121 Å². The van der Waals surface area contributed by atoms with Gasteiger partial charge in [0, 0.05) is 18.2 Å². The molecule has 0 aliphatic heterocycles. The summed E-state index contributed by atoms with van der Waals surface area (Å²) in [5, 5.41) is 3.09. The molecule has 0 unspecified atom stereocenters. The van der Waals surface area contributed by atoms with Crippen LogP contribution >= 0.6 is 11.6 Å². The molecule has 0 aromatic heterocycles. The molecule has 0 radical (unpaired) electrons. The molecule has 2 aromatic carbocycles. The van der Waals surface area contributed by atoms with Crippen molar-refractivity contribution in [1.82, 2.24) is 5.32 Å². The molecule has 2 rings (SSSR count). The number of rotatable bonds is 5. The van der Waals surface area contributed by atoms with Gasteiger partial charge in [0.2, 0.25) is 0 Å².